The summed E-state index contributed by atoms with van der Waals surface area (Å²) in [5, 5.41) is 9.04. The summed E-state index contributed by atoms with van der Waals surface area (Å²) >= 11 is 0. The predicted molar refractivity (Wildman–Crippen MR) is 54.0 cm³/mol. The summed E-state index contributed by atoms with van der Waals surface area (Å²) in [5.41, 5.74) is 0. The summed E-state index contributed by atoms with van der Waals surface area (Å²) in [6, 6.07) is 0.181. The molecule has 0 aromatic carbocycles. The number of likely N-dealkylation sites (tertiary alicyclic amines) is 1. The number of ketones is 1. The second-order valence-corrected chi connectivity index (χ2v) is 4.56. The van der Waals surface area contributed by atoms with Crippen LogP contribution in [0.15, 0.2) is 0 Å². The van der Waals surface area contributed by atoms with E-state index in [0.717, 1.165) is 38.8 Å². The summed E-state index contributed by atoms with van der Waals surface area (Å²) in [6.07, 6.45) is 5.13. The van der Waals surface area contributed by atoms with Gasteiger partial charge in [-0.3, -0.25) is 9.69 Å². The molecular formula is C11H19NO2. The van der Waals surface area contributed by atoms with Gasteiger partial charge in [0, 0.05) is 19.6 Å². The minimum absolute atomic E-state index is 0.181. The van der Waals surface area contributed by atoms with Gasteiger partial charge in [0.2, 0.25) is 0 Å². The van der Waals surface area contributed by atoms with E-state index in [1.807, 2.05) is 0 Å². The molecule has 1 N–H and O–H groups in total. The van der Waals surface area contributed by atoms with Crippen LogP contribution in [0.1, 0.15) is 32.1 Å². The maximum absolute atomic E-state index is 11.7. The van der Waals surface area contributed by atoms with Crippen molar-refractivity contribution in [3.63, 3.8) is 0 Å². The van der Waals surface area contributed by atoms with Gasteiger partial charge >= 0.3 is 0 Å². The molecule has 1 heterocycles. The molecule has 2 atom stereocenters. The number of aliphatic hydroxyl groups is 1. The highest BCUT2D eigenvalue weighted by atomic mass is 16.3. The van der Waals surface area contributed by atoms with E-state index < -0.39 is 0 Å². The first-order valence-electron chi connectivity index (χ1n) is 5.69. The third kappa shape index (κ3) is 1.98. The summed E-state index contributed by atoms with van der Waals surface area (Å²) < 4.78 is 0. The van der Waals surface area contributed by atoms with Crippen molar-refractivity contribution < 1.29 is 9.90 Å². The zero-order chi connectivity index (χ0) is 9.97. The molecule has 2 aliphatic rings. The Bertz CT molecular complexity index is 217. The van der Waals surface area contributed by atoms with Crippen molar-refractivity contribution in [2.75, 3.05) is 19.7 Å². The highest BCUT2D eigenvalue weighted by molar-refractivity contribution is 5.84. The lowest BCUT2D eigenvalue weighted by atomic mass is 9.93. The Kier molecular flexibility index (Phi) is 3.19. The zero-order valence-electron chi connectivity index (χ0n) is 8.61. The zero-order valence-corrected chi connectivity index (χ0v) is 8.61. The van der Waals surface area contributed by atoms with E-state index in [-0.39, 0.29) is 12.6 Å². The molecule has 0 amide bonds. The summed E-state index contributed by atoms with van der Waals surface area (Å²) in [7, 11) is 0. The molecule has 1 aliphatic heterocycles. The van der Waals surface area contributed by atoms with Crippen LogP contribution >= 0.6 is 0 Å². The Labute approximate surface area is 85.1 Å². The average molecular weight is 197 g/mol. The molecule has 14 heavy (non-hydrogen) atoms. The molecule has 1 saturated carbocycles. The lowest BCUT2D eigenvalue weighted by Crippen LogP contribution is -2.41. The van der Waals surface area contributed by atoms with Gasteiger partial charge in [0.25, 0.3) is 0 Å². The van der Waals surface area contributed by atoms with Crippen LogP contribution in [-0.4, -0.2) is 41.5 Å². The maximum Gasteiger partial charge on any atom is 0.149 e. The standard InChI is InChI=1S/C11H19NO2/c13-8-9-5-6-12(7-9)10-3-1-2-4-11(10)14/h9-10,13H,1-8H2. The number of carbonyl (C=O) groups excluding carboxylic acids is 1. The molecule has 2 unspecified atom stereocenters. The molecule has 0 aromatic rings. The summed E-state index contributed by atoms with van der Waals surface area (Å²) in [4.78, 5) is 14.0. The monoisotopic (exact) mass is 197 g/mol. The van der Waals surface area contributed by atoms with Crippen molar-refractivity contribution in [1.29, 1.82) is 0 Å². The van der Waals surface area contributed by atoms with Crippen molar-refractivity contribution in [3.8, 4) is 0 Å². The first-order chi connectivity index (χ1) is 6.81. The van der Waals surface area contributed by atoms with Crippen LogP contribution in [0.25, 0.3) is 0 Å². The van der Waals surface area contributed by atoms with E-state index in [1.54, 1.807) is 0 Å². The van der Waals surface area contributed by atoms with Crippen LogP contribution in [0.4, 0.5) is 0 Å². The lowest BCUT2D eigenvalue weighted by Gasteiger charge is -2.29. The normalized spacial score (nSPS) is 35.1. The summed E-state index contributed by atoms with van der Waals surface area (Å²) in [5.74, 6) is 0.833. The smallest absolute Gasteiger partial charge is 0.149 e. The minimum Gasteiger partial charge on any atom is -0.396 e. The molecule has 0 radical (unpaired) electrons. The molecule has 1 saturated heterocycles. The number of Topliss-reactive ketones (excluding diaryl/α,β-unsaturated/α-hetero) is 1. The molecule has 80 valence electrons. The molecule has 0 aromatic heterocycles. The van der Waals surface area contributed by atoms with Crippen molar-refractivity contribution in [2.24, 2.45) is 5.92 Å². The Morgan fingerprint density at radius 3 is 2.86 bits per heavy atom. The lowest BCUT2D eigenvalue weighted by molar-refractivity contribution is -0.125. The molecular weight excluding hydrogens is 178 g/mol. The van der Waals surface area contributed by atoms with Gasteiger partial charge in [0.15, 0.2) is 0 Å². The third-order valence-corrected chi connectivity index (χ3v) is 3.54. The van der Waals surface area contributed by atoms with E-state index in [9.17, 15) is 4.79 Å². The number of rotatable bonds is 2. The Morgan fingerprint density at radius 2 is 2.21 bits per heavy atom. The molecule has 3 heteroatoms. The third-order valence-electron chi connectivity index (χ3n) is 3.54. The Morgan fingerprint density at radius 1 is 1.36 bits per heavy atom. The fourth-order valence-electron chi connectivity index (χ4n) is 2.65. The fourth-order valence-corrected chi connectivity index (χ4v) is 2.65. The van der Waals surface area contributed by atoms with Gasteiger partial charge in [-0.1, -0.05) is 6.42 Å². The van der Waals surface area contributed by atoms with Crippen LogP contribution in [0.5, 0.6) is 0 Å². The number of hydrogen-bond acceptors (Lipinski definition) is 3. The van der Waals surface area contributed by atoms with E-state index in [2.05, 4.69) is 4.90 Å². The predicted octanol–water partition coefficient (Wildman–Crippen LogP) is 0.812. The highest BCUT2D eigenvalue weighted by Crippen LogP contribution is 2.25. The largest absolute Gasteiger partial charge is 0.396 e. The molecule has 2 fully saturated rings. The van der Waals surface area contributed by atoms with Gasteiger partial charge in [-0.05, 0) is 31.7 Å². The molecule has 2 rings (SSSR count). The number of nitrogens with zero attached hydrogens (tertiary/aromatic N) is 1. The van der Waals surface area contributed by atoms with E-state index in [4.69, 9.17) is 5.11 Å². The Hall–Kier alpha value is -0.410. The van der Waals surface area contributed by atoms with Gasteiger partial charge in [0.05, 0.1) is 6.04 Å². The van der Waals surface area contributed by atoms with Gasteiger partial charge < -0.3 is 5.11 Å². The Balaban J connectivity index is 1.91. The second kappa shape index (κ2) is 4.41. The number of aliphatic hydroxyl groups excluding tert-OH is 1. The van der Waals surface area contributed by atoms with Crippen molar-refractivity contribution >= 4 is 5.78 Å². The van der Waals surface area contributed by atoms with E-state index in [0.29, 0.717) is 11.7 Å². The van der Waals surface area contributed by atoms with E-state index in [1.165, 1.54) is 6.42 Å². The number of carbonyl (C=O) groups is 1. The van der Waals surface area contributed by atoms with Crippen molar-refractivity contribution in [3.05, 3.63) is 0 Å². The topological polar surface area (TPSA) is 40.5 Å². The first-order valence-corrected chi connectivity index (χ1v) is 5.69. The SMILES string of the molecule is O=C1CCCCC1N1CCC(CO)C1. The summed E-state index contributed by atoms with van der Waals surface area (Å²) in [6.45, 7) is 2.20. The van der Waals surface area contributed by atoms with Gasteiger partial charge in [-0.15, -0.1) is 0 Å². The second-order valence-electron chi connectivity index (χ2n) is 4.56. The van der Waals surface area contributed by atoms with Gasteiger partial charge in [-0.2, -0.15) is 0 Å². The number of hydrogen-bond donors (Lipinski definition) is 1. The quantitative estimate of drug-likeness (QED) is 0.712. The van der Waals surface area contributed by atoms with Gasteiger partial charge in [0.1, 0.15) is 5.78 Å². The maximum atomic E-state index is 11.7. The molecule has 0 spiro atoms. The van der Waals surface area contributed by atoms with Crippen LogP contribution in [-0.2, 0) is 4.79 Å². The first kappa shape index (κ1) is 10.1. The van der Waals surface area contributed by atoms with Crippen molar-refractivity contribution in [2.45, 2.75) is 38.1 Å². The van der Waals surface area contributed by atoms with Crippen LogP contribution in [0, 0.1) is 5.92 Å². The van der Waals surface area contributed by atoms with Crippen molar-refractivity contribution in [1.82, 2.24) is 4.90 Å². The molecule has 0 bridgehead atoms. The van der Waals surface area contributed by atoms with Crippen LogP contribution < -0.4 is 0 Å². The average Bonchev–Trinajstić information content (AvgIpc) is 2.67. The fraction of sp³-hybridized carbons (Fsp3) is 0.909. The highest BCUT2D eigenvalue weighted by Gasteiger charge is 2.32. The van der Waals surface area contributed by atoms with Crippen LogP contribution in [0.3, 0.4) is 0 Å². The van der Waals surface area contributed by atoms with Gasteiger partial charge in [-0.25, -0.2) is 0 Å². The molecule has 1 aliphatic carbocycles. The minimum atomic E-state index is 0.181. The van der Waals surface area contributed by atoms with E-state index >= 15 is 0 Å². The molecule has 3 nitrogen and oxygen atoms in total. The van der Waals surface area contributed by atoms with Crippen LogP contribution in [0.2, 0.25) is 0 Å².